The number of alkyl halides is 3. The molecule has 0 bridgehead atoms. The number of rotatable bonds is 2. The molecule has 0 heterocycles. The molecule has 11 heteroatoms. The molecule has 0 aromatic heterocycles. The van der Waals surface area contributed by atoms with Gasteiger partial charge in [-0.25, -0.2) is 13.6 Å². The zero-order valence-corrected chi connectivity index (χ0v) is 10.6. The number of hydrogen-bond acceptors (Lipinski definition) is 4. The Hall–Kier alpha value is -1.20. The lowest BCUT2D eigenvalue weighted by Gasteiger charge is -2.09. The van der Waals surface area contributed by atoms with Gasteiger partial charge in [-0.05, 0) is 22.0 Å². The predicted molar refractivity (Wildman–Crippen MR) is 57.2 cm³/mol. The number of nitro groups is 1. The third kappa shape index (κ3) is 2.97. The number of sulfonamides is 1. The lowest BCUT2D eigenvalue weighted by molar-refractivity contribution is -0.388. The fourth-order valence-electron chi connectivity index (χ4n) is 1.16. The minimum Gasteiger partial charge on any atom is -0.258 e. The first-order chi connectivity index (χ1) is 7.94. The molecule has 0 amide bonds. The van der Waals surface area contributed by atoms with Crippen LogP contribution in [0.5, 0.6) is 0 Å². The molecule has 0 saturated heterocycles. The quantitative estimate of drug-likeness (QED) is 0.652. The van der Waals surface area contributed by atoms with E-state index < -0.39 is 41.7 Å². The summed E-state index contributed by atoms with van der Waals surface area (Å²) in [5.74, 6) is 0. The number of hydrogen-bond donors (Lipinski definition) is 1. The van der Waals surface area contributed by atoms with Crippen molar-refractivity contribution in [3.63, 3.8) is 0 Å². The second kappa shape index (κ2) is 4.48. The highest BCUT2D eigenvalue weighted by atomic mass is 79.9. The van der Waals surface area contributed by atoms with Crippen LogP contribution < -0.4 is 5.14 Å². The van der Waals surface area contributed by atoms with Gasteiger partial charge in [0.15, 0.2) is 4.90 Å². The number of nitrogens with two attached hydrogens (primary N) is 1. The summed E-state index contributed by atoms with van der Waals surface area (Å²) in [5, 5.41) is 15.3. The smallest absolute Gasteiger partial charge is 0.258 e. The molecule has 0 atom stereocenters. The maximum atomic E-state index is 12.4. The molecular weight excluding hydrogens is 345 g/mol. The van der Waals surface area contributed by atoms with Crippen LogP contribution in [0.2, 0.25) is 0 Å². The molecule has 0 spiro atoms. The van der Waals surface area contributed by atoms with Crippen molar-refractivity contribution in [2.24, 2.45) is 5.14 Å². The molecule has 0 saturated carbocycles. The van der Waals surface area contributed by atoms with Crippen molar-refractivity contribution in [1.29, 1.82) is 0 Å². The van der Waals surface area contributed by atoms with E-state index in [2.05, 4.69) is 15.9 Å². The highest BCUT2D eigenvalue weighted by Gasteiger charge is 2.36. The van der Waals surface area contributed by atoms with E-state index in [0.717, 1.165) is 0 Å². The molecule has 0 aliphatic carbocycles. The third-order valence-electron chi connectivity index (χ3n) is 1.83. The van der Waals surface area contributed by atoms with Crippen LogP contribution in [0.4, 0.5) is 18.9 Å². The summed E-state index contributed by atoms with van der Waals surface area (Å²) in [6.07, 6.45) is -4.84. The Labute approximate surface area is 107 Å². The van der Waals surface area contributed by atoms with Gasteiger partial charge in [0.2, 0.25) is 10.0 Å². The molecule has 0 aliphatic rings. The van der Waals surface area contributed by atoms with Crippen molar-refractivity contribution in [3.05, 3.63) is 32.3 Å². The lowest BCUT2D eigenvalue weighted by atomic mass is 10.2. The fourth-order valence-corrected chi connectivity index (χ4v) is 3.04. The van der Waals surface area contributed by atoms with Crippen LogP contribution in [0.15, 0.2) is 21.5 Å². The topological polar surface area (TPSA) is 103 Å². The van der Waals surface area contributed by atoms with E-state index >= 15 is 0 Å². The Morgan fingerprint density at radius 3 is 2.17 bits per heavy atom. The van der Waals surface area contributed by atoms with Crippen LogP contribution in [0.1, 0.15) is 5.56 Å². The number of halogens is 4. The van der Waals surface area contributed by atoms with Crippen LogP contribution in [-0.4, -0.2) is 13.3 Å². The molecule has 2 N–H and O–H groups in total. The molecule has 0 unspecified atom stereocenters. The van der Waals surface area contributed by atoms with Crippen molar-refractivity contribution in [1.82, 2.24) is 0 Å². The van der Waals surface area contributed by atoms with Gasteiger partial charge < -0.3 is 0 Å². The Balaban J connectivity index is 3.73. The van der Waals surface area contributed by atoms with Gasteiger partial charge in [-0.15, -0.1) is 0 Å². The maximum Gasteiger partial charge on any atom is 0.416 e. The second-order valence-electron chi connectivity index (χ2n) is 3.11. The van der Waals surface area contributed by atoms with Gasteiger partial charge in [0.1, 0.15) is 0 Å². The highest BCUT2D eigenvalue weighted by molar-refractivity contribution is 9.10. The molecule has 0 radical (unpaired) electrons. The molecule has 0 fully saturated rings. The van der Waals surface area contributed by atoms with Crippen LogP contribution in [-0.2, 0) is 16.2 Å². The summed E-state index contributed by atoms with van der Waals surface area (Å²) in [4.78, 5) is 8.35. The molecule has 1 aromatic rings. The summed E-state index contributed by atoms with van der Waals surface area (Å²) in [6, 6.07) is 0.525. The van der Waals surface area contributed by atoms with E-state index in [0.29, 0.717) is 6.07 Å². The molecule has 18 heavy (non-hydrogen) atoms. The second-order valence-corrected chi connectivity index (χ2v) is 5.46. The van der Waals surface area contributed by atoms with Crippen LogP contribution in [0.25, 0.3) is 0 Å². The molecule has 6 nitrogen and oxygen atoms in total. The monoisotopic (exact) mass is 348 g/mol. The minimum absolute atomic E-state index is 0.116. The number of primary sulfonamides is 1. The summed E-state index contributed by atoms with van der Waals surface area (Å²) in [6.45, 7) is 0. The van der Waals surface area contributed by atoms with E-state index in [4.69, 9.17) is 5.14 Å². The highest BCUT2D eigenvalue weighted by Crippen LogP contribution is 2.38. The van der Waals surface area contributed by atoms with E-state index in [9.17, 15) is 31.7 Å². The first-order valence-corrected chi connectivity index (χ1v) is 6.36. The zero-order chi connectivity index (χ0) is 14.3. The number of nitrogens with zero attached hydrogens (tertiary/aromatic N) is 1. The minimum atomic E-state index is -4.84. The third-order valence-corrected chi connectivity index (χ3v) is 3.72. The van der Waals surface area contributed by atoms with Gasteiger partial charge in [0.25, 0.3) is 5.69 Å². The van der Waals surface area contributed by atoms with E-state index in [-0.39, 0.29) is 6.07 Å². The number of benzene rings is 1. The van der Waals surface area contributed by atoms with Crippen LogP contribution in [0, 0.1) is 10.1 Å². The maximum absolute atomic E-state index is 12.4. The largest absolute Gasteiger partial charge is 0.416 e. The Kier molecular flexibility index (Phi) is 3.70. The van der Waals surface area contributed by atoms with E-state index in [1.807, 2.05) is 0 Å². The van der Waals surface area contributed by atoms with Crippen LogP contribution >= 0.6 is 15.9 Å². The fraction of sp³-hybridized carbons (Fsp3) is 0.143. The van der Waals surface area contributed by atoms with E-state index in [1.165, 1.54) is 0 Å². The molecule has 100 valence electrons. The van der Waals surface area contributed by atoms with Crippen molar-refractivity contribution < 1.29 is 26.5 Å². The molecule has 0 aliphatic heterocycles. The SMILES string of the molecule is NS(=O)(=O)c1c(Br)cc(C(F)(F)F)cc1[N+](=O)[O-]. The van der Waals surface area contributed by atoms with Crippen molar-refractivity contribution in [2.45, 2.75) is 11.1 Å². The summed E-state index contributed by atoms with van der Waals surface area (Å²) >= 11 is 2.53. The molecule has 1 aromatic carbocycles. The zero-order valence-electron chi connectivity index (χ0n) is 8.23. The average molecular weight is 349 g/mol. The Morgan fingerprint density at radius 2 is 1.83 bits per heavy atom. The van der Waals surface area contributed by atoms with Gasteiger partial charge >= 0.3 is 6.18 Å². The van der Waals surface area contributed by atoms with Gasteiger partial charge in [0, 0.05) is 10.5 Å². The summed E-state index contributed by atoms with van der Waals surface area (Å²) < 4.78 is 58.8. The molecule has 1 rings (SSSR count). The van der Waals surface area contributed by atoms with Crippen LogP contribution in [0.3, 0.4) is 0 Å². The summed E-state index contributed by atoms with van der Waals surface area (Å²) in [7, 11) is -4.53. The van der Waals surface area contributed by atoms with Gasteiger partial charge in [-0.3, -0.25) is 10.1 Å². The normalized spacial score (nSPS) is 12.5. The number of nitro benzene ring substituents is 1. The average Bonchev–Trinajstić information content (AvgIpc) is 2.12. The predicted octanol–water partition coefficient (Wildman–Crippen LogP) is 2.02. The standard InChI is InChI=1S/C7H4BrF3N2O4S/c8-4-1-3(7(9,10)11)2-5(13(14)15)6(4)18(12,16)17/h1-2H,(H2,12,16,17). The molecular formula is C7H4BrF3N2O4S. The first-order valence-electron chi connectivity index (χ1n) is 4.02. The van der Waals surface area contributed by atoms with Gasteiger partial charge in [0.05, 0.1) is 10.5 Å². The Morgan fingerprint density at radius 1 is 1.33 bits per heavy atom. The van der Waals surface area contributed by atoms with Crippen molar-refractivity contribution in [3.8, 4) is 0 Å². The van der Waals surface area contributed by atoms with Crippen molar-refractivity contribution >= 4 is 31.6 Å². The first kappa shape index (κ1) is 14.9. The lowest BCUT2D eigenvalue weighted by Crippen LogP contribution is -2.16. The van der Waals surface area contributed by atoms with Gasteiger partial charge in [-0.2, -0.15) is 13.2 Å². The van der Waals surface area contributed by atoms with E-state index in [1.54, 1.807) is 0 Å². The van der Waals surface area contributed by atoms with Gasteiger partial charge in [-0.1, -0.05) is 0 Å². The summed E-state index contributed by atoms with van der Waals surface area (Å²) in [5.41, 5.74) is -2.59. The Bertz CT molecular complexity index is 614. The van der Waals surface area contributed by atoms with Crippen molar-refractivity contribution in [2.75, 3.05) is 0 Å².